The number of aliphatic hydroxyl groups excluding tert-OH is 4. The molecule has 56 heavy (non-hydrogen) atoms. The number of carboxylic acids is 1. The predicted molar refractivity (Wildman–Crippen MR) is 212 cm³/mol. The maximum absolute atomic E-state index is 13.7. The summed E-state index contributed by atoms with van der Waals surface area (Å²) in [7, 11) is 3.27. The number of nitrogens with one attached hydrogen (secondary N) is 2. The Kier molecular flexibility index (Phi) is 16.0. The molecule has 0 aromatic heterocycles. The molecule has 13 nitrogen and oxygen atoms in total. The molecule has 3 aliphatic heterocycles. The van der Waals surface area contributed by atoms with Gasteiger partial charge in [-0.3, -0.25) is 4.79 Å². The normalized spacial score (nSPS) is 45.0. The van der Waals surface area contributed by atoms with Gasteiger partial charge in [0.2, 0.25) is 0 Å². The third-order valence-electron chi connectivity index (χ3n) is 15.8. The third-order valence-corrected chi connectivity index (χ3v) is 15.8. The van der Waals surface area contributed by atoms with Crippen molar-refractivity contribution in [3.8, 4) is 0 Å². The van der Waals surface area contributed by atoms with Gasteiger partial charge in [-0.25, -0.2) is 0 Å². The fourth-order valence-corrected chi connectivity index (χ4v) is 12.7. The average molecular weight is 796 g/mol. The Balaban J connectivity index is 1.21. The van der Waals surface area contributed by atoms with E-state index in [0.717, 1.165) is 90.0 Å². The zero-order valence-corrected chi connectivity index (χ0v) is 34.6. The van der Waals surface area contributed by atoms with Crippen LogP contribution >= 0.6 is 0 Å². The number of aliphatic carboxylic acids is 1. The summed E-state index contributed by atoms with van der Waals surface area (Å²) in [4.78, 5) is 13.7. The van der Waals surface area contributed by atoms with Crippen LogP contribution in [0.3, 0.4) is 0 Å². The minimum atomic E-state index is -0.881. The molecule has 6 fully saturated rings. The molecule has 0 aromatic rings. The number of hydrogen-bond donors (Lipinski definition) is 8. The van der Waals surface area contributed by atoms with Gasteiger partial charge >= 0.3 is 5.97 Å². The second-order valence-corrected chi connectivity index (χ2v) is 19.1. The summed E-state index contributed by atoms with van der Waals surface area (Å²) in [5.41, 5.74) is 5.02. The predicted octanol–water partition coefficient (Wildman–Crippen LogP) is 3.47. The third kappa shape index (κ3) is 9.80. The van der Waals surface area contributed by atoms with Crippen LogP contribution in [0.15, 0.2) is 0 Å². The number of carbonyl (C=O) groups is 1. The van der Waals surface area contributed by atoms with Gasteiger partial charge in [0.15, 0.2) is 0 Å². The minimum Gasteiger partial charge on any atom is -0.481 e. The second-order valence-electron chi connectivity index (χ2n) is 19.1. The molecule has 0 amide bonds. The smallest absolute Gasteiger partial charge is 0.310 e. The van der Waals surface area contributed by atoms with Gasteiger partial charge in [-0.2, -0.15) is 0 Å². The maximum Gasteiger partial charge on any atom is 0.310 e. The van der Waals surface area contributed by atoms with Crippen LogP contribution in [0.4, 0.5) is 0 Å². The van der Waals surface area contributed by atoms with Crippen molar-refractivity contribution in [2.75, 3.05) is 34.0 Å². The highest BCUT2D eigenvalue weighted by Gasteiger charge is 2.62. The summed E-state index contributed by atoms with van der Waals surface area (Å²) in [5, 5.41) is 62.2. The Labute approximate surface area is 335 Å². The Morgan fingerprint density at radius 1 is 0.839 bits per heavy atom. The van der Waals surface area contributed by atoms with Gasteiger partial charge in [-0.15, -0.1) is 0 Å². The molecule has 9 N–H and O–H groups in total. The highest BCUT2D eigenvalue weighted by molar-refractivity contribution is 5.76. The first-order valence-electron chi connectivity index (χ1n) is 22.4. The van der Waals surface area contributed by atoms with Crippen molar-refractivity contribution in [1.82, 2.24) is 10.6 Å². The molecule has 13 heteroatoms. The van der Waals surface area contributed by atoms with Crippen molar-refractivity contribution >= 4 is 5.97 Å². The van der Waals surface area contributed by atoms with Crippen LogP contribution < -0.4 is 16.4 Å². The Hall–Kier alpha value is -0.970. The second kappa shape index (κ2) is 20.1. The van der Waals surface area contributed by atoms with Crippen molar-refractivity contribution < 1.29 is 49.3 Å². The molecule has 6 aliphatic rings. The van der Waals surface area contributed by atoms with Crippen molar-refractivity contribution in [2.24, 2.45) is 40.2 Å². The first-order valence-corrected chi connectivity index (χ1v) is 22.4. The van der Waals surface area contributed by atoms with E-state index in [1.165, 1.54) is 0 Å². The Morgan fingerprint density at radius 3 is 2.29 bits per heavy atom. The lowest BCUT2D eigenvalue weighted by molar-refractivity contribution is -0.203. The Morgan fingerprint density at radius 2 is 1.59 bits per heavy atom. The molecule has 0 radical (unpaired) electrons. The number of aliphatic hydroxyl groups is 4. The summed E-state index contributed by atoms with van der Waals surface area (Å²) < 4.78 is 25.3. The molecular weight excluding hydrogens is 718 g/mol. The number of hydrogen-bond acceptors (Lipinski definition) is 12. The van der Waals surface area contributed by atoms with Crippen molar-refractivity contribution in [3.05, 3.63) is 0 Å². The molecule has 324 valence electrons. The molecular formula is C43H77N3O10. The van der Waals surface area contributed by atoms with E-state index in [2.05, 4.69) is 17.6 Å². The van der Waals surface area contributed by atoms with E-state index in [0.29, 0.717) is 50.4 Å². The van der Waals surface area contributed by atoms with Gasteiger partial charge in [0, 0.05) is 44.2 Å². The van der Waals surface area contributed by atoms with Crippen molar-refractivity contribution in [3.63, 3.8) is 0 Å². The van der Waals surface area contributed by atoms with Crippen molar-refractivity contribution in [2.45, 2.75) is 196 Å². The number of piperidine rings is 2. The molecule has 0 aromatic carbocycles. The number of methoxy groups -OCH3 is 2. The number of nitrogens with two attached hydrogens (primary N) is 1. The molecule has 3 heterocycles. The molecule has 0 spiro atoms. The van der Waals surface area contributed by atoms with Crippen LogP contribution in [-0.4, -0.2) is 133 Å². The zero-order chi connectivity index (χ0) is 40.0. The molecule has 16 atom stereocenters. The number of carboxylic acid groups (broad SMARTS) is 1. The highest BCUT2D eigenvalue weighted by atomic mass is 16.5. The van der Waals surface area contributed by atoms with E-state index in [1.54, 1.807) is 14.2 Å². The molecule has 3 saturated carbocycles. The van der Waals surface area contributed by atoms with Crippen molar-refractivity contribution in [1.29, 1.82) is 0 Å². The van der Waals surface area contributed by atoms with E-state index in [-0.39, 0.29) is 61.6 Å². The van der Waals surface area contributed by atoms with Crippen LogP contribution in [0.1, 0.15) is 129 Å². The van der Waals surface area contributed by atoms with Crippen LogP contribution in [0.2, 0.25) is 0 Å². The van der Waals surface area contributed by atoms with E-state index < -0.39 is 47.3 Å². The first-order chi connectivity index (χ1) is 26.9. The Bertz CT molecular complexity index is 1230. The molecule has 3 saturated heterocycles. The lowest BCUT2D eigenvalue weighted by Gasteiger charge is -2.59. The topological polar surface area (TPSA) is 205 Å². The maximum atomic E-state index is 13.7. The highest BCUT2D eigenvalue weighted by Crippen LogP contribution is 2.60. The quantitative estimate of drug-likeness (QED) is 0.120. The fourth-order valence-electron chi connectivity index (χ4n) is 12.7. The number of rotatable bonds is 15. The lowest BCUT2D eigenvalue weighted by atomic mass is 9.48. The zero-order valence-electron chi connectivity index (χ0n) is 34.6. The van der Waals surface area contributed by atoms with Gasteiger partial charge < -0.3 is 60.8 Å². The van der Waals surface area contributed by atoms with E-state index >= 15 is 0 Å². The standard InChI is InChI=1S/C43H77N3O10/c1-26-11-16-43(24-28-12-17-45-38(44)20-28,42(41(51)52)14-5-4-6-15-42)37(46-26)25-55-36-22-29(21-35(54-3)39(36)50)40-31(13-18-47)33(49)23-30(56-40)9-7-27-8-10-32(48)34(19-27)53-2/h26-40,45-50H,4-25,44H2,1-3H3,(H,51,52)/t26-,27?,28?,29?,30+,31+,32?,33+,34?,35?,36?,37-,38?,39?,40+,43-/m1/s1. The summed E-state index contributed by atoms with van der Waals surface area (Å²) in [6, 6.07) is -0.0254. The lowest BCUT2D eigenvalue weighted by Crippen LogP contribution is -2.66. The van der Waals surface area contributed by atoms with Gasteiger partial charge in [0.25, 0.3) is 0 Å². The van der Waals surface area contributed by atoms with Gasteiger partial charge in [0.1, 0.15) is 6.10 Å². The largest absolute Gasteiger partial charge is 0.481 e. The van der Waals surface area contributed by atoms with Crippen LogP contribution in [-0.2, 0) is 23.7 Å². The van der Waals surface area contributed by atoms with Crippen LogP contribution in [0.5, 0.6) is 0 Å². The van der Waals surface area contributed by atoms with E-state index in [4.69, 9.17) is 24.7 Å². The number of ether oxygens (including phenoxy) is 4. The molecule has 9 unspecified atom stereocenters. The molecule has 6 rings (SSSR count). The van der Waals surface area contributed by atoms with Gasteiger partial charge in [-0.1, -0.05) is 19.3 Å². The summed E-state index contributed by atoms with van der Waals surface area (Å²) in [6.07, 6.45) is 10.9. The first kappa shape index (κ1) is 44.6. The SMILES string of the molecule is COC1CC(CC[C@H]2C[C@H](O)[C@H](CCO)[C@H](C3CC(OC)C(O)C(OC[C@H]4N[C@H](C)CC[C@]4(CC4CCNC(N)C4)C4(C(=O)O)CCCCC4)C3)O2)CCC1O. The summed E-state index contributed by atoms with van der Waals surface area (Å²) in [6.45, 7) is 3.22. The molecule has 3 aliphatic carbocycles. The van der Waals surface area contributed by atoms with Crippen LogP contribution in [0.25, 0.3) is 0 Å². The van der Waals surface area contributed by atoms with E-state index in [1.807, 2.05) is 0 Å². The summed E-state index contributed by atoms with van der Waals surface area (Å²) in [5.74, 6) is -0.313. The van der Waals surface area contributed by atoms with Crippen LogP contribution in [0, 0.1) is 34.5 Å². The molecule has 0 bridgehead atoms. The minimum absolute atomic E-state index is 0.0566. The monoisotopic (exact) mass is 796 g/mol. The fraction of sp³-hybridized carbons (Fsp3) is 0.977. The van der Waals surface area contributed by atoms with Gasteiger partial charge in [-0.05, 0) is 134 Å². The average Bonchev–Trinajstić information content (AvgIpc) is 3.19. The van der Waals surface area contributed by atoms with E-state index in [9.17, 15) is 30.3 Å². The van der Waals surface area contributed by atoms with Gasteiger partial charge in [0.05, 0.1) is 60.9 Å². The summed E-state index contributed by atoms with van der Waals surface area (Å²) >= 11 is 0.